The second kappa shape index (κ2) is 5.66. The van der Waals surface area contributed by atoms with Gasteiger partial charge in [0.2, 0.25) is 0 Å². The monoisotopic (exact) mass is 206 g/mol. The molecule has 1 atom stereocenters. The maximum Gasteiger partial charge on any atom is 1.00 e. The molecule has 1 aromatic rings. The Bertz CT molecular complexity index is 284. The molecular formula is C9H8ClNaO2. The molecule has 0 heterocycles. The van der Waals surface area contributed by atoms with Crippen LogP contribution >= 0.6 is 11.6 Å². The number of carboxylic acid groups (broad SMARTS) is 1. The Hall–Kier alpha value is -0.0200. The number of benzene rings is 1. The number of carbonyl (C=O) groups is 1. The Labute approximate surface area is 104 Å². The van der Waals surface area contributed by atoms with E-state index < -0.39 is 11.9 Å². The summed E-state index contributed by atoms with van der Waals surface area (Å²) in [5.41, 5.74) is 0.708. The number of carboxylic acids is 1. The maximum absolute atomic E-state index is 10.4. The summed E-state index contributed by atoms with van der Waals surface area (Å²) in [6.45, 7) is 1.58. The van der Waals surface area contributed by atoms with E-state index in [1.807, 2.05) is 0 Å². The normalized spacial score (nSPS) is 11.5. The summed E-state index contributed by atoms with van der Waals surface area (Å²) in [7, 11) is 0. The van der Waals surface area contributed by atoms with Gasteiger partial charge in [-0.25, -0.2) is 0 Å². The number of rotatable bonds is 2. The van der Waals surface area contributed by atoms with E-state index in [2.05, 4.69) is 0 Å². The van der Waals surface area contributed by atoms with Crippen molar-refractivity contribution in [2.24, 2.45) is 0 Å². The first-order chi connectivity index (χ1) is 5.61. The molecular weight excluding hydrogens is 199 g/mol. The Morgan fingerprint density at radius 2 is 1.85 bits per heavy atom. The summed E-state index contributed by atoms with van der Waals surface area (Å²) >= 11 is 5.63. The van der Waals surface area contributed by atoms with Gasteiger partial charge in [-0.15, -0.1) is 0 Å². The van der Waals surface area contributed by atoms with Gasteiger partial charge in [0, 0.05) is 16.9 Å². The zero-order valence-corrected chi connectivity index (χ0v) is 10.3. The van der Waals surface area contributed by atoms with Crippen molar-refractivity contribution in [2.45, 2.75) is 12.8 Å². The fourth-order valence-electron chi connectivity index (χ4n) is 0.888. The summed E-state index contributed by atoms with van der Waals surface area (Å²) in [6.07, 6.45) is 0. The molecule has 0 aliphatic carbocycles. The molecule has 4 heteroatoms. The van der Waals surface area contributed by atoms with E-state index >= 15 is 0 Å². The van der Waals surface area contributed by atoms with Crippen LogP contribution in [0.15, 0.2) is 24.3 Å². The smallest absolute Gasteiger partial charge is 0.550 e. The minimum Gasteiger partial charge on any atom is -0.550 e. The van der Waals surface area contributed by atoms with Crippen molar-refractivity contribution in [2.75, 3.05) is 0 Å². The number of carbonyl (C=O) groups excluding carboxylic acids is 1. The fourth-order valence-corrected chi connectivity index (χ4v) is 1.01. The van der Waals surface area contributed by atoms with Gasteiger partial charge in [-0.3, -0.25) is 0 Å². The third kappa shape index (κ3) is 3.69. The SMILES string of the molecule is C[C@H](C(=O)[O-])c1ccc(Cl)cc1.[Na+]. The van der Waals surface area contributed by atoms with Gasteiger partial charge in [0.25, 0.3) is 0 Å². The first-order valence-corrected chi connectivity index (χ1v) is 3.95. The van der Waals surface area contributed by atoms with E-state index in [4.69, 9.17) is 11.6 Å². The van der Waals surface area contributed by atoms with Gasteiger partial charge in [0.15, 0.2) is 0 Å². The van der Waals surface area contributed by atoms with E-state index in [0.29, 0.717) is 10.6 Å². The van der Waals surface area contributed by atoms with Gasteiger partial charge in [0.1, 0.15) is 0 Å². The van der Waals surface area contributed by atoms with Crippen molar-refractivity contribution in [3.63, 3.8) is 0 Å². The van der Waals surface area contributed by atoms with E-state index in [9.17, 15) is 9.90 Å². The zero-order valence-electron chi connectivity index (χ0n) is 7.58. The molecule has 0 aliphatic heterocycles. The van der Waals surface area contributed by atoms with Crippen LogP contribution in [0.4, 0.5) is 0 Å². The van der Waals surface area contributed by atoms with Crippen LogP contribution in [0.2, 0.25) is 5.02 Å². The molecule has 0 amide bonds. The second-order valence-corrected chi connectivity index (χ2v) is 3.03. The minimum absolute atomic E-state index is 0. The Kier molecular flexibility index (Phi) is 5.65. The standard InChI is InChI=1S/C9H9ClO2.Na/c1-6(9(11)12)7-2-4-8(10)5-3-7;/h2-6H,1H3,(H,11,12);/q;+1/p-1/t6-;/m0./s1. The molecule has 2 nitrogen and oxygen atoms in total. The van der Waals surface area contributed by atoms with Crippen LogP contribution in [-0.2, 0) is 4.79 Å². The Morgan fingerprint density at radius 1 is 1.38 bits per heavy atom. The average molecular weight is 207 g/mol. The molecule has 0 aliphatic rings. The van der Waals surface area contributed by atoms with Crippen molar-refractivity contribution in [1.29, 1.82) is 0 Å². The van der Waals surface area contributed by atoms with Gasteiger partial charge < -0.3 is 9.90 Å². The second-order valence-electron chi connectivity index (χ2n) is 2.59. The molecule has 0 spiro atoms. The van der Waals surface area contributed by atoms with Crippen molar-refractivity contribution in [1.82, 2.24) is 0 Å². The molecule has 0 fully saturated rings. The molecule has 13 heavy (non-hydrogen) atoms. The molecule has 0 saturated heterocycles. The van der Waals surface area contributed by atoms with Crippen LogP contribution in [0, 0.1) is 0 Å². The third-order valence-electron chi connectivity index (χ3n) is 1.72. The van der Waals surface area contributed by atoms with E-state index in [0.717, 1.165) is 0 Å². The van der Waals surface area contributed by atoms with E-state index in [1.165, 1.54) is 0 Å². The van der Waals surface area contributed by atoms with Crippen LogP contribution in [0.3, 0.4) is 0 Å². The molecule has 0 aromatic heterocycles. The van der Waals surface area contributed by atoms with E-state index in [1.54, 1.807) is 31.2 Å². The van der Waals surface area contributed by atoms with Gasteiger partial charge in [-0.1, -0.05) is 30.7 Å². The molecule has 1 aromatic carbocycles. The third-order valence-corrected chi connectivity index (χ3v) is 1.98. The number of hydrogen-bond acceptors (Lipinski definition) is 2. The van der Waals surface area contributed by atoms with Crippen LogP contribution in [0.1, 0.15) is 18.4 Å². The summed E-state index contributed by atoms with van der Waals surface area (Å²) in [6, 6.07) is 6.69. The summed E-state index contributed by atoms with van der Waals surface area (Å²) in [5, 5.41) is 11.0. The number of aliphatic carboxylic acids is 1. The van der Waals surface area contributed by atoms with Crippen LogP contribution < -0.4 is 34.7 Å². The fraction of sp³-hybridized carbons (Fsp3) is 0.222. The summed E-state index contributed by atoms with van der Waals surface area (Å²) in [5.74, 6) is -1.65. The maximum atomic E-state index is 10.4. The molecule has 64 valence electrons. The molecule has 0 bridgehead atoms. The van der Waals surface area contributed by atoms with Crippen LogP contribution in [0.5, 0.6) is 0 Å². The van der Waals surface area contributed by atoms with E-state index in [-0.39, 0.29) is 29.6 Å². The van der Waals surface area contributed by atoms with Gasteiger partial charge >= 0.3 is 29.6 Å². The largest absolute Gasteiger partial charge is 1.00 e. The molecule has 0 saturated carbocycles. The Morgan fingerprint density at radius 3 is 2.23 bits per heavy atom. The van der Waals surface area contributed by atoms with Gasteiger partial charge in [-0.2, -0.15) is 0 Å². The van der Waals surface area contributed by atoms with Crippen molar-refractivity contribution < 1.29 is 39.5 Å². The van der Waals surface area contributed by atoms with Crippen molar-refractivity contribution >= 4 is 17.6 Å². The molecule has 1 rings (SSSR count). The first kappa shape index (κ1) is 13.0. The summed E-state index contributed by atoms with van der Waals surface area (Å²) in [4.78, 5) is 10.4. The van der Waals surface area contributed by atoms with Crippen LogP contribution in [0.25, 0.3) is 0 Å². The molecule has 0 radical (unpaired) electrons. The van der Waals surface area contributed by atoms with Crippen molar-refractivity contribution in [3.05, 3.63) is 34.9 Å². The summed E-state index contributed by atoms with van der Waals surface area (Å²) < 4.78 is 0. The Balaban J connectivity index is 0.00000144. The molecule has 0 unspecified atom stereocenters. The predicted octanol–water partition coefficient (Wildman–Crippen LogP) is -1.80. The quantitative estimate of drug-likeness (QED) is 0.536. The first-order valence-electron chi connectivity index (χ1n) is 3.57. The van der Waals surface area contributed by atoms with Gasteiger partial charge in [-0.05, 0) is 17.7 Å². The zero-order chi connectivity index (χ0) is 9.14. The predicted molar refractivity (Wildman–Crippen MR) is 44.9 cm³/mol. The molecule has 0 N–H and O–H groups in total. The minimum atomic E-state index is -1.07. The van der Waals surface area contributed by atoms with Crippen molar-refractivity contribution in [3.8, 4) is 0 Å². The van der Waals surface area contributed by atoms with Crippen LogP contribution in [-0.4, -0.2) is 5.97 Å². The average Bonchev–Trinajstić information content (AvgIpc) is 2.04. The topological polar surface area (TPSA) is 40.1 Å². The van der Waals surface area contributed by atoms with Gasteiger partial charge in [0.05, 0.1) is 0 Å². The number of halogens is 1. The number of hydrogen-bond donors (Lipinski definition) is 0.